The summed E-state index contributed by atoms with van der Waals surface area (Å²) in [6.45, 7) is 3.88. The van der Waals surface area contributed by atoms with E-state index in [0.29, 0.717) is 13.0 Å². The minimum Gasteiger partial charge on any atom is -0.336 e. The van der Waals surface area contributed by atoms with Gasteiger partial charge >= 0.3 is 0 Å². The van der Waals surface area contributed by atoms with Crippen molar-refractivity contribution < 1.29 is 13.2 Å². The summed E-state index contributed by atoms with van der Waals surface area (Å²) in [4.78, 5) is 16.3. The zero-order chi connectivity index (χ0) is 18.3. The molecule has 4 rings (SSSR count). The van der Waals surface area contributed by atoms with Crippen molar-refractivity contribution in [2.45, 2.75) is 32.0 Å². The topological polar surface area (TPSA) is 57.7 Å². The van der Waals surface area contributed by atoms with Crippen LogP contribution < -0.4 is 0 Å². The number of sulfone groups is 1. The highest BCUT2D eigenvalue weighted by atomic mass is 32.2. The molecule has 2 aromatic rings. The summed E-state index contributed by atoms with van der Waals surface area (Å²) in [7, 11) is -3.10. The van der Waals surface area contributed by atoms with Crippen molar-refractivity contribution in [2.75, 3.05) is 24.6 Å². The number of carbonyl (C=O) groups excluding carboxylic acids is 1. The van der Waals surface area contributed by atoms with Gasteiger partial charge in [0.2, 0.25) is 5.91 Å². The molecule has 0 radical (unpaired) electrons. The second-order valence-electron chi connectivity index (χ2n) is 7.30. The fourth-order valence-corrected chi connectivity index (χ4v) is 6.32. The molecule has 0 N–H and O–H groups in total. The third-order valence-electron chi connectivity index (χ3n) is 5.61. The molecule has 0 aliphatic carbocycles. The minimum absolute atomic E-state index is 0.0578. The van der Waals surface area contributed by atoms with E-state index in [0.717, 1.165) is 13.1 Å². The molecular formula is C20H24N2O3S. The summed E-state index contributed by atoms with van der Waals surface area (Å²) >= 11 is 0. The van der Waals surface area contributed by atoms with Gasteiger partial charge in [-0.3, -0.25) is 9.69 Å². The van der Waals surface area contributed by atoms with Gasteiger partial charge in [-0.1, -0.05) is 43.3 Å². The molecule has 0 spiro atoms. The average Bonchev–Trinajstić information content (AvgIpc) is 2.96. The van der Waals surface area contributed by atoms with E-state index in [9.17, 15) is 13.2 Å². The standard InChI is InChI=1S/C20H24N2O3S/c1-2-20(23)22-10-9-21(18-13-26(24,25)14-19(18)22)12-15-7-8-16-5-3-4-6-17(16)11-15/h3-8,11,18-19H,2,9-10,12-14H2,1H3/t18-,19+/m1/s1. The molecule has 0 aromatic heterocycles. The Bertz CT molecular complexity index is 941. The number of rotatable bonds is 3. The Hall–Kier alpha value is -1.92. The van der Waals surface area contributed by atoms with Gasteiger partial charge in [-0.15, -0.1) is 0 Å². The summed E-state index contributed by atoms with van der Waals surface area (Å²) in [5.41, 5.74) is 1.18. The Morgan fingerprint density at radius 3 is 2.54 bits per heavy atom. The van der Waals surface area contributed by atoms with Crippen molar-refractivity contribution in [3.05, 3.63) is 48.0 Å². The molecule has 2 fully saturated rings. The molecule has 6 heteroatoms. The Morgan fingerprint density at radius 2 is 1.77 bits per heavy atom. The molecule has 0 unspecified atom stereocenters. The molecule has 0 bridgehead atoms. The van der Waals surface area contributed by atoms with Crippen LogP contribution in [0.5, 0.6) is 0 Å². The molecule has 5 nitrogen and oxygen atoms in total. The van der Waals surface area contributed by atoms with Crippen molar-refractivity contribution >= 4 is 26.5 Å². The van der Waals surface area contributed by atoms with Crippen molar-refractivity contribution in [2.24, 2.45) is 0 Å². The Morgan fingerprint density at radius 1 is 1.04 bits per heavy atom. The van der Waals surface area contributed by atoms with Gasteiger partial charge in [-0.2, -0.15) is 0 Å². The minimum atomic E-state index is -3.10. The summed E-state index contributed by atoms with van der Waals surface area (Å²) in [6.07, 6.45) is 0.425. The van der Waals surface area contributed by atoms with Crippen LogP contribution in [0.4, 0.5) is 0 Å². The van der Waals surface area contributed by atoms with Crippen LogP contribution >= 0.6 is 0 Å². The van der Waals surface area contributed by atoms with Gasteiger partial charge in [0, 0.05) is 32.1 Å². The lowest BCUT2D eigenvalue weighted by Crippen LogP contribution is -2.60. The number of hydrogen-bond acceptors (Lipinski definition) is 4. The second-order valence-corrected chi connectivity index (χ2v) is 9.46. The number of carbonyl (C=O) groups is 1. The molecule has 1 amide bonds. The van der Waals surface area contributed by atoms with Crippen LogP contribution in [-0.4, -0.2) is 60.8 Å². The first-order valence-corrected chi connectivity index (χ1v) is 11.0. The van der Waals surface area contributed by atoms with Gasteiger partial charge in [0.15, 0.2) is 9.84 Å². The maximum Gasteiger partial charge on any atom is 0.222 e. The first-order valence-electron chi connectivity index (χ1n) is 9.18. The van der Waals surface area contributed by atoms with Crippen LogP contribution in [0.15, 0.2) is 42.5 Å². The quantitative estimate of drug-likeness (QED) is 0.828. The van der Waals surface area contributed by atoms with E-state index in [1.54, 1.807) is 4.90 Å². The predicted octanol–water partition coefficient (Wildman–Crippen LogP) is 2.06. The molecule has 2 saturated heterocycles. The predicted molar refractivity (Wildman–Crippen MR) is 103 cm³/mol. The van der Waals surface area contributed by atoms with Crippen LogP contribution in [0.3, 0.4) is 0 Å². The van der Waals surface area contributed by atoms with E-state index in [1.165, 1.54) is 16.3 Å². The monoisotopic (exact) mass is 372 g/mol. The Balaban J connectivity index is 1.59. The van der Waals surface area contributed by atoms with Gasteiger partial charge in [-0.25, -0.2) is 8.42 Å². The molecule has 2 aliphatic heterocycles. The number of piperazine rings is 1. The summed E-state index contributed by atoms with van der Waals surface area (Å²) in [5, 5.41) is 2.40. The number of nitrogens with zero attached hydrogens (tertiary/aromatic N) is 2. The highest BCUT2D eigenvalue weighted by molar-refractivity contribution is 7.91. The number of benzene rings is 2. The molecule has 2 heterocycles. The molecule has 26 heavy (non-hydrogen) atoms. The van der Waals surface area contributed by atoms with Crippen molar-refractivity contribution in [1.82, 2.24) is 9.80 Å². The van der Waals surface area contributed by atoms with E-state index in [-0.39, 0.29) is 29.5 Å². The third kappa shape index (κ3) is 3.23. The summed E-state index contributed by atoms with van der Waals surface area (Å²) < 4.78 is 24.5. The first-order chi connectivity index (χ1) is 12.5. The molecule has 2 aliphatic rings. The van der Waals surface area contributed by atoms with Crippen molar-refractivity contribution in [3.63, 3.8) is 0 Å². The Labute approximate surface area is 154 Å². The first kappa shape index (κ1) is 17.5. The molecular weight excluding hydrogens is 348 g/mol. The molecule has 0 saturated carbocycles. The second kappa shape index (κ2) is 6.67. The summed E-state index contributed by atoms with van der Waals surface area (Å²) in [6, 6.07) is 14.3. The number of fused-ring (bicyclic) bond motifs is 2. The van der Waals surface area contributed by atoms with Crippen LogP contribution in [0.1, 0.15) is 18.9 Å². The average molecular weight is 372 g/mol. The zero-order valence-corrected chi connectivity index (χ0v) is 15.8. The number of amides is 1. The van der Waals surface area contributed by atoms with E-state index >= 15 is 0 Å². The number of hydrogen-bond donors (Lipinski definition) is 0. The van der Waals surface area contributed by atoms with Gasteiger partial charge in [0.05, 0.1) is 17.5 Å². The smallest absolute Gasteiger partial charge is 0.222 e. The third-order valence-corrected chi connectivity index (χ3v) is 7.31. The maximum absolute atomic E-state index is 12.3. The van der Waals surface area contributed by atoms with E-state index < -0.39 is 9.84 Å². The summed E-state index contributed by atoms with van der Waals surface area (Å²) in [5.74, 6) is 0.304. The van der Waals surface area contributed by atoms with Crippen molar-refractivity contribution in [3.8, 4) is 0 Å². The fraction of sp³-hybridized carbons (Fsp3) is 0.450. The van der Waals surface area contributed by atoms with E-state index in [2.05, 4.69) is 35.2 Å². The highest BCUT2D eigenvalue weighted by Gasteiger charge is 2.47. The lowest BCUT2D eigenvalue weighted by molar-refractivity contribution is -0.136. The SMILES string of the molecule is CCC(=O)N1CCN(Cc2ccc3ccccc3c2)[C@@H]2CS(=O)(=O)C[C@@H]21. The van der Waals surface area contributed by atoms with E-state index in [1.807, 2.05) is 19.1 Å². The lowest BCUT2D eigenvalue weighted by Gasteiger charge is -2.44. The van der Waals surface area contributed by atoms with Crippen LogP contribution in [0.25, 0.3) is 10.8 Å². The molecule has 2 atom stereocenters. The van der Waals surface area contributed by atoms with Gasteiger partial charge < -0.3 is 4.90 Å². The normalized spacial score (nSPS) is 25.3. The van der Waals surface area contributed by atoms with Gasteiger partial charge in [0.1, 0.15) is 0 Å². The Kier molecular flexibility index (Phi) is 4.49. The lowest BCUT2D eigenvalue weighted by atomic mass is 10.0. The zero-order valence-electron chi connectivity index (χ0n) is 15.0. The van der Waals surface area contributed by atoms with E-state index in [4.69, 9.17) is 0 Å². The fourth-order valence-electron chi connectivity index (χ4n) is 4.31. The largest absolute Gasteiger partial charge is 0.336 e. The van der Waals surface area contributed by atoms with Gasteiger partial charge in [-0.05, 0) is 22.4 Å². The van der Waals surface area contributed by atoms with Crippen LogP contribution in [0.2, 0.25) is 0 Å². The molecule has 138 valence electrons. The van der Waals surface area contributed by atoms with Crippen LogP contribution in [0, 0.1) is 0 Å². The van der Waals surface area contributed by atoms with Crippen molar-refractivity contribution in [1.29, 1.82) is 0 Å². The molecule has 2 aromatic carbocycles. The highest BCUT2D eigenvalue weighted by Crippen LogP contribution is 2.29. The maximum atomic E-state index is 12.3. The van der Waals surface area contributed by atoms with Gasteiger partial charge in [0.25, 0.3) is 0 Å². The van der Waals surface area contributed by atoms with Crippen LogP contribution in [-0.2, 0) is 21.2 Å².